The van der Waals surface area contributed by atoms with Crippen molar-refractivity contribution in [3.63, 3.8) is 0 Å². The number of hydrogen-bond donors (Lipinski definition) is 5. The van der Waals surface area contributed by atoms with Crippen molar-refractivity contribution < 1.29 is 116 Å². The highest BCUT2D eigenvalue weighted by molar-refractivity contribution is 6.09. The molecule has 0 aromatic heterocycles. The van der Waals surface area contributed by atoms with E-state index in [-0.39, 0.29) is 65.0 Å². The molecule has 0 aliphatic carbocycles. The van der Waals surface area contributed by atoms with Crippen LogP contribution in [0.5, 0.6) is 40.2 Å². The van der Waals surface area contributed by atoms with Gasteiger partial charge in [-0.3, -0.25) is 24.0 Å². The smallest absolute Gasteiger partial charge is 0.352 e. The Kier molecular flexibility index (Phi) is 33.4. The van der Waals surface area contributed by atoms with Gasteiger partial charge in [0.1, 0.15) is 53.5 Å². The van der Waals surface area contributed by atoms with E-state index in [9.17, 15) is 73.5 Å². The second-order valence-electron chi connectivity index (χ2n) is 30.3. The van der Waals surface area contributed by atoms with Crippen LogP contribution in [0, 0.1) is 27.1 Å². The lowest BCUT2D eigenvalue weighted by Gasteiger charge is -2.20. The Labute approximate surface area is 674 Å². The number of esters is 10. The summed E-state index contributed by atoms with van der Waals surface area (Å²) < 4.78 is 45.7. The van der Waals surface area contributed by atoms with Gasteiger partial charge in [0.2, 0.25) is 0 Å². The molecule has 0 unspecified atom stereocenters. The molecule has 10 aromatic carbocycles. The van der Waals surface area contributed by atoms with Crippen molar-refractivity contribution in [2.75, 3.05) is 39.6 Å². The molecule has 10 aromatic rings. The number of ether oxygens (including phenoxy) is 9. The first-order valence-corrected chi connectivity index (χ1v) is 38.0. The zero-order valence-corrected chi connectivity index (χ0v) is 68.3. The van der Waals surface area contributed by atoms with Gasteiger partial charge in [0.25, 0.3) is 0 Å². The average molecular weight is 1590 g/mol. The minimum Gasteiger partial charge on any atom is -0.508 e. The number of benzene rings is 10. The molecule has 10 rings (SSSR count). The van der Waals surface area contributed by atoms with Crippen molar-refractivity contribution in [1.29, 1.82) is 0 Å². The largest absolute Gasteiger partial charge is 0.508 e. The van der Waals surface area contributed by atoms with E-state index in [4.69, 9.17) is 42.6 Å². The van der Waals surface area contributed by atoms with Crippen LogP contribution in [-0.2, 0) is 77.9 Å². The lowest BCUT2D eigenvalue weighted by atomic mass is 9.91. The number of carbonyl (C=O) groups is 10. The second kappa shape index (κ2) is 42.0. The Bertz CT molecular complexity index is 5160. The number of fused-ring (bicyclic) bond motifs is 5. The summed E-state index contributed by atoms with van der Waals surface area (Å²) in [7, 11) is 0. The van der Waals surface area contributed by atoms with Gasteiger partial charge in [0.15, 0.2) is 19.8 Å². The first kappa shape index (κ1) is 92.3. The maximum Gasteiger partial charge on any atom is 0.352 e. The highest BCUT2D eigenvalue weighted by atomic mass is 16.6. The highest BCUT2D eigenvalue weighted by Gasteiger charge is 2.32. The molecule has 0 amide bonds. The molecule has 24 nitrogen and oxygen atoms in total. The average Bonchev–Trinajstić information content (AvgIpc) is 0.806. The predicted octanol–water partition coefficient (Wildman–Crippen LogP) is 17.8. The van der Waals surface area contributed by atoms with Gasteiger partial charge in [-0.05, 0) is 218 Å². The summed E-state index contributed by atoms with van der Waals surface area (Å²) in [5.41, 5.74) is -1.53. The molecular formula is C92H104O24. The van der Waals surface area contributed by atoms with Crippen LogP contribution in [0.3, 0.4) is 0 Å². The summed E-state index contributed by atoms with van der Waals surface area (Å²) in [5, 5.41) is 55.8. The molecule has 0 fully saturated rings. The van der Waals surface area contributed by atoms with Crippen LogP contribution in [0.1, 0.15) is 162 Å². The van der Waals surface area contributed by atoms with E-state index < -0.39 is 94.7 Å². The van der Waals surface area contributed by atoms with Crippen LogP contribution >= 0.6 is 0 Å². The van der Waals surface area contributed by atoms with Gasteiger partial charge in [-0.25, -0.2) is 24.0 Å². The number of aromatic hydroxyl groups is 5. The third-order valence-corrected chi connectivity index (χ3v) is 19.8. The van der Waals surface area contributed by atoms with Gasteiger partial charge >= 0.3 is 59.7 Å². The van der Waals surface area contributed by atoms with Crippen LogP contribution in [-0.4, -0.2) is 125 Å². The fourth-order valence-electron chi connectivity index (χ4n) is 10.2. The van der Waals surface area contributed by atoms with E-state index in [0.29, 0.717) is 54.6 Å². The van der Waals surface area contributed by atoms with E-state index in [1.54, 1.807) is 145 Å². The van der Waals surface area contributed by atoms with Crippen molar-refractivity contribution in [3.05, 3.63) is 199 Å². The maximum absolute atomic E-state index is 12.2. The third kappa shape index (κ3) is 26.5. The first-order valence-electron chi connectivity index (χ1n) is 38.0. The summed E-state index contributed by atoms with van der Waals surface area (Å²) in [6.07, 6.45) is 3.87. The topological polar surface area (TPSA) is 355 Å². The fourth-order valence-corrected chi connectivity index (χ4v) is 10.2. The van der Waals surface area contributed by atoms with Gasteiger partial charge in [0, 0.05) is 28.0 Å². The molecular weight excluding hydrogens is 1490 g/mol. The van der Waals surface area contributed by atoms with E-state index in [0.717, 1.165) is 61.5 Å². The van der Waals surface area contributed by atoms with Gasteiger partial charge < -0.3 is 68.2 Å². The number of carbonyl (C=O) groups excluding carboxylic acids is 10. The SMILES string of the molecule is CCC(C)(C)C(=O)OCC(=O)OC(=O)c1ccc2cc(O)ccc2c1.CCC(C)(C)C(=O)OCC(=O)OC(=O)c1cccc2c(O)cccc12.CCC(C)(C)C(=O)OCC(=O)Oc1ccc2cc(O)ccc2c1.CCC(C)(C)C(=O)OCCOc1cccc2c(O)cccc12.CCC(C)(C)C(=O)OCCc1cccc2c(O)cccc12. The Balaban J connectivity index is 0.000000226. The third-order valence-electron chi connectivity index (χ3n) is 19.8. The zero-order chi connectivity index (χ0) is 85.9. The Hall–Kier alpha value is -12.6. The van der Waals surface area contributed by atoms with Crippen LogP contribution in [0.4, 0.5) is 0 Å². The van der Waals surface area contributed by atoms with Crippen molar-refractivity contribution in [3.8, 4) is 40.2 Å². The van der Waals surface area contributed by atoms with Crippen molar-refractivity contribution in [1.82, 2.24) is 0 Å². The molecule has 616 valence electrons. The summed E-state index contributed by atoms with van der Waals surface area (Å²) in [6, 6.07) is 50.9. The van der Waals surface area contributed by atoms with Crippen molar-refractivity contribution >= 4 is 114 Å². The van der Waals surface area contributed by atoms with Crippen molar-refractivity contribution in [2.24, 2.45) is 27.1 Å². The molecule has 0 spiro atoms. The predicted molar refractivity (Wildman–Crippen MR) is 439 cm³/mol. The standard InChI is InChI=1S/2C19H20O6.C18H20O5.C18H22O4.C18H22O3/c1-4-19(2,3)18(23)24-11-16(21)25-17(22)14-9-5-8-13-12(14)7-6-10-15(13)20;1-4-19(2,3)18(23)24-11-16(21)25-17(22)14-6-5-13-10-15(20)8-7-12(13)9-14;1-4-18(2,3)17(21)22-11-16(20)23-15-8-6-12-9-14(19)7-5-13(12)10-15;1-4-18(2,3)17(20)22-12-11-21-16-10-6-7-13-14(16)8-5-9-15(13)19;1-4-18(2,3)17(20)21-12-11-13-7-5-9-15-14(13)8-6-10-16(15)19/h2*5-10,20H,4,11H2,1-3H3;5-10,19H,4,11H2,1-3H3;5-10,19H,4,11-12H2,1-3H3;5-10,19H,4,11-12H2,1-3H3. The van der Waals surface area contributed by atoms with Crippen LogP contribution in [0.15, 0.2) is 182 Å². The highest BCUT2D eigenvalue weighted by Crippen LogP contribution is 2.34. The Morgan fingerprint density at radius 1 is 0.319 bits per heavy atom. The van der Waals surface area contributed by atoms with Crippen LogP contribution in [0.2, 0.25) is 0 Å². The van der Waals surface area contributed by atoms with E-state index in [1.165, 1.54) is 24.3 Å². The summed E-state index contributed by atoms with van der Waals surface area (Å²) in [5.74, 6) is -4.24. The number of rotatable bonds is 26. The second-order valence-corrected chi connectivity index (χ2v) is 30.3. The van der Waals surface area contributed by atoms with Gasteiger partial charge in [-0.1, -0.05) is 138 Å². The molecule has 0 aliphatic heterocycles. The molecule has 0 atom stereocenters. The number of phenols is 5. The van der Waals surface area contributed by atoms with E-state index in [2.05, 4.69) is 0 Å². The lowest BCUT2D eigenvalue weighted by Crippen LogP contribution is -2.29. The van der Waals surface area contributed by atoms with Gasteiger partial charge in [-0.15, -0.1) is 0 Å². The molecule has 5 N–H and O–H groups in total. The van der Waals surface area contributed by atoms with Gasteiger partial charge in [-0.2, -0.15) is 0 Å². The quantitative estimate of drug-likeness (QED) is 0.0110. The zero-order valence-electron chi connectivity index (χ0n) is 68.3. The summed E-state index contributed by atoms with van der Waals surface area (Å²) >= 11 is 0. The summed E-state index contributed by atoms with van der Waals surface area (Å²) in [4.78, 5) is 119. The molecule has 0 radical (unpaired) electrons. The van der Waals surface area contributed by atoms with E-state index >= 15 is 0 Å². The van der Waals surface area contributed by atoms with Crippen LogP contribution < -0.4 is 9.47 Å². The number of hydrogen-bond acceptors (Lipinski definition) is 24. The lowest BCUT2D eigenvalue weighted by molar-refractivity contribution is -0.162. The molecule has 0 heterocycles. The van der Waals surface area contributed by atoms with Gasteiger partial charge in [0.05, 0.1) is 44.8 Å². The van der Waals surface area contributed by atoms with Crippen LogP contribution in [0.25, 0.3) is 53.9 Å². The molecule has 0 bridgehead atoms. The molecule has 0 aliphatic rings. The Morgan fingerprint density at radius 3 is 1.17 bits per heavy atom. The fraction of sp³-hybridized carbons (Fsp3) is 0.348. The molecule has 116 heavy (non-hydrogen) atoms. The monoisotopic (exact) mass is 1590 g/mol. The normalized spacial score (nSPS) is 11.3. The first-order chi connectivity index (χ1) is 54.7. The molecule has 0 saturated carbocycles. The number of phenolic OH excluding ortho intramolecular Hbond substituents is 5. The van der Waals surface area contributed by atoms with Crippen molar-refractivity contribution in [2.45, 2.75) is 142 Å². The Morgan fingerprint density at radius 2 is 0.681 bits per heavy atom. The molecule has 0 saturated heterocycles. The minimum atomic E-state index is -0.956. The van der Waals surface area contributed by atoms with E-state index in [1.807, 2.05) is 117 Å². The minimum absolute atomic E-state index is 0.0224. The summed E-state index contributed by atoms with van der Waals surface area (Å²) in [6.45, 7) is 26.5. The molecule has 24 heteroatoms. The maximum atomic E-state index is 12.2.